The summed E-state index contributed by atoms with van der Waals surface area (Å²) in [5.74, 6) is 1.07. The van der Waals surface area contributed by atoms with Crippen molar-refractivity contribution in [3.05, 3.63) is 40.5 Å². The molecule has 0 bridgehead atoms. The van der Waals surface area contributed by atoms with Crippen LogP contribution >= 0.6 is 15.9 Å². The van der Waals surface area contributed by atoms with E-state index in [-0.39, 0.29) is 10.7 Å². The van der Waals surface area contributed by atoms with Crippen LogP contribution in [0.3, 0.4) is 0 Å². The van der Waals surface area contributed by atoms with E-state index >= 15 is 0 Å². The number of pyridine rings is 1. The summed E-state index contributed by atoms with van der Waals surface area (Å²) < 4.78 is 39.1. The zero-order valence-corrected chi connectivity index (χ0v) is 16.5. The van der Waals surface area contributed by atoms with Crippen LogP contribution in [-0.4, -0.2) is 27.1 Å². The molecule has 25 heavy (non-hydrogen) atoms. The van der Waals surface area contributed by atoms with E-state index in [0.29, 0.717) is 22.6 Å². The Labute approximate surface area is 155 Å². The molecular formula is C16H20BrN3O4S. The quantitative estimate of drug-likeness (QED) is 0.700. The number of methoxy groups -OCH3 is 1. The summed E-state index contributed by atoms with van der Waals surface area (Å²) >= 11 is 3.20. The van der Waals surface area contributed by atoms with Crippen LogP contribution in [0.2, 0.25) is 0 Å². The number of nitrogens with two attached hydrogens (primary N) is 1. The monoisotopic (exact) mass is 429 g/mol. The Morgan fingerprint density at radius 1 is 1.32 bits per heavy atom. The number of anilines is 1. The molecule has 1 aromatic heterocycles. The van der Waals surface area contributed by atoms with Crippen LogP contribution in [0.4, 0.5) is 5.82 Å². The first kappa shape index (κ1) is 19.5. The largest absolute Gasteiger partial charge is 0.493 e. The first-order chi connectivity index (χ1) is 11.8. The van der Waals surface area contributed by atoms with Crippen LogP contribution in [0, 0.1) is 0 Å². The summed E-state index contributed by atoms with van der Waals surface area (Å²) in [7, 11) is -2.31. The van der Waals surface area contributed by atoms with E-state index < -0.39 is 16.1 Å². The Morgan fingerprint density at radius 2 is 2.04 bits per heavy atom. The van der Waals surface area contributed by atoms with Gasteiger partial charge in [0, 0.05) is 16.7 Å². The average molecular weight is 430 g/mol. The molecule has 0 aliphatic carbocycles. The van der Waals surface area contributed by atoms with Crippen molar-refractivity contribution in [2.24, 2.45) is 0 Å². The molecule has 1 heterocycles. The Morgan fingerprint density at radius 3 is 2.68 bits per heavy atom. The van der Waals surface area contributed by atoms with Gasteiger partial charge in [-0.3, -0.25) is 0 Å². The molecule has 0 saturated carbocycles. The number of aromatic nitrogens is 1. The zero-order chi connectivity index (χ0) is 18.6. The molecule has 1 unspecified atom stereocenters. The van der Waals surface area contributed by atoms with Crippen molar-refractivity contribution in [1.29, 1.82) is 0 Å². The smallest absolute Gasteiger partial charge is 0.244 e. The summed E-state index contributed by atoms with van der Waals surface area (Å²) in [5, 5.41) is 0. The molecule has 2 aromatic rings. The van der Waals surface area contributed by atoms with Crippen LogP contribution in [0.25, 0.3) is 0 Å². The minimum absolute atomic E-state index is 0.0628. The van der Waals surface area contributed by atoms with Crippen molar-refractivity contribution in [1.82, 2.24) is 9.71 Å². The van der Waals surface area contributed by atoms with Crippen LogP contribution < -0.4 is 19.9 Å². The number of sulfonamides is 1. The fourth-order valence-electron chi connectivity index (χ4n) is 2.24. The molecule has 3 N–H and O–H groups in total. The van der Waals surface area contributed by atoms with E-state index in [1.807, 2.05) is 6.92 Å². The molecule has 2 rings (SSSR count). The minimum Gasteiger partial charge on any atom is -0.493 e. The molecule has 0 saturated heterocycles. The molecule has 136 valence electrons. The Balaban J connectivity index is 2.29. The summed E-state index contributed by atoms with van der Waals surface area (Å²) in [6.45, 7) is 4.11. The Hall–Kier alpha value is -1.84. The first-order valence-corrected chi connectivity index (χ1v) is 9.80. The topological polar surface area (TPSA) is 104 Å². The molecular weight excluding hydrogens is 410 g/mol. The van der Waals surface area contributed by atoms with Crippen molar-refractivity contribution < 1.29 is 17.9 Å². The van der Waals surface area contributed by atoms with Gasteiger partial charge in [-0.1, -0.05) is 6.07 Å². The van der Waals surface area contributed by atoms with Gasteiger partial charge in [0.15, 0.2) is 11.5 Å². The van der Waals surface area contributed by atoms with Gasteiger partial charge in [-0.05, 0) is 53.5 Å². The number of nitrogen functional groups attached to an aromatic ring is 1. The molecule has 7 nitrogen and oxygen atoms in total. The molecule has 0 fully saturated rings. The second-order valence-electron chi connectivity index (χ2n) is 5.22. The summed E-state index contributed by atoms with van der Waals surface area (Å²) in [5.41, 5.74) is 6.43. The van der Waals surface area contributed by atoms with Crippen LogP contribution in [-0.2, 0) is 10.0 Å². The standard InChI is InChI=1S/C16H20BrN3O4S/c1-4-24-13-6-5-11(7-14(13)23-3)10(2)20-25(21,22)15-8-12(17)9-19-16(15)18/h5-10,20H,4H2,1-3H3,(H2,18,19). The lowest BCUT2D eigenvalue weighted by atomic mass is 10.1. The van der Waals surface area contributed by atoms with Crippen LogP contribution in [0.1, 0.15) is 25.5 Å². The van der Waals surface area contributed by atoms with Gasteiger partial charge in [0.1, 0.15) is 10.7 Å². The van der Waals surface area contributed by atoms with Crippen molar-refractivity contribution in [3.8, 4) is 11.5 Å². The van der Waals surface area contributed by atoms with E-state index in [1.165, 1.54) is 19.4 Å². The third kappa shape index (κ3) is 4.62. The lowest BCUT2D eigenvalue weighted by Crippen LogP contribution is -2.27. The number of nitrogens with zero attached hydrogens (tertiary/aromatic N) is 1. The van der Waals surface area contributed by atoms with Gasteiger partial charge in [-0.2, -0.15) is 0 Å². The van der Waals surface area contributed by atoms with Gasteiger partial charge >= 0.3 is 0 Å². The fourth-order valence-corrected chi connectivity index (χ4v) is 4.06. The summed E-state index contributed by atoms with van der Waals surface area (Å²) in [6, 6.07) is 6.17. The second-order valence-corrected chi connectivity index (χ2v) is 7.82. The highest BCUT2D eigenvalue weighted by Gasteiger charge is 2.22. The Bertz CT molecular complexity index is 858. The van der Waals surface area contributed by atoms with Gasteiger partial charge in [0.2, 0.25) is 10.0 Å². The third-order valence-electron chi connectivity index (χ3n) is 3.46. The van der Waals surface area contributed by atoms with Crippen molar-refractivity contribution in [3.63, 3.8) is 0 Å². The van der Waals surface area contributed by atoms with Gasteiger partial charge in [-0.15, -0.1) is 0 Å². The molecule has 0 spiro atoms. The van der Waals surface area contributed by atoms with E-state index in [2.05, 4.69) is 25.6 Å². The van der Waals surface area contributed by atoms with Gasteiger partial charge in [0.25, 0.3) is 0 Å². The molecule has 9 heteroatoms. The number of benzene rings is 1. The number of hydrogen-bond acceptors (Lipinski definition) is 6. The number of nitrogens with one attached hydrogen (secondary N) is 1. The maximum Gasteiger partial charge on any atom is 0.244 e. The van der Waals surface area contributed by atoms with Crippen LogP contribution in [0.15, 0.2) is 39.8 Å². The van der Waals surface area contributed by atoms with E-state index in [9.17, 15) is 8.42 Å². The molecule has 1 aromatic carbocycles. The van der Waals surface area contributed by atoms with E-state index in [1.54, 1.807) is 25.1 Å². The molecule has 0 amide bonds. The number of ether oxygens (including phenoxy) is 2. The number of rotatable bonds is 7. The van der Waals surface area contributed by atoms with Gasteiger partial charge in [-0.25, -0.2) is 18.1 Å². The SMILES string of the molecule is CCOc1ccc(C(C)NS(=O)(=O)c2cc(Br)cnc2N)cc1OC. The van der Waals surface area contributed by atoms with E-state index in [4.69, 9.17) is 15.2 Å². The number of halogens is 1. The predicted octanol–water partition coefficient (Wildman–Crippen LogP) is 2.87. The minimum atomic E-state index is -3.84. The first-order valence-electron chi connectivity index (χ1n) is 7.52. The van der Waals surface area contributed by atoms with Gasteiger partial charge in [0.05, 0.1) is 13.7 Å². The molecule has 0 aliphatic rings. The van der Waals surface area contributed by atoms with Crippen molar-refractivity contribution >= 4 is 31.8 Å². The van der Waals surface area contributed by atoms with E-state index in [0.717, 1.165) is 5.56 Å². The Kier molecular flexibility index (Phi) is 6.26. The molecule has 1 atom stereocenters. The normalized spacial score (nSPS) is 12.6. The molecule has 0 aliphatic heterocycles. The summed E-state index contributed by atoms with van der Waals surface area (Å²) in [6.07, 6.45) is 1.44. The lowest BCUT2D eigenvalue weighted by Gasteiger charge is -2.17. The summed E-state index contributed by atoms with van der Waals surface area (Å²) in [4.78, 5) is 3.78. The zero-order valence-electron chi connectivity index (χ0n) is 14.1. The fraction of sp³-hybridized carbons (Fsp3) is 0.312. The van der Waals surface area contributed by atoms with Crippen molar-refractivity contribution in [2.45, 2.75) is 24.8 Å². The lowest BCUT2D eigenvalue weighted by molar-refractivity contribution is 0.310. The maximum atomic E-state index is 12.6. The highest BCUT2D eigenvalue weighted by Crippen LogP contribution is 2.31. The van der Waals surface area contributed by atoms with Crippen molar-refractivity contribution in [2.75, 3.05) is 19.5 Å². The number of hydrogen-bond donors (Lipinski definition) is 2. The van der Waals surface area contributed by atoms with Crippen LogP contribution in [0.5, 0.6) is 11.5 Å². The highest BCUT2D eigenvalue weighted by atomic mass is 79.9. The average Bonchev–Trinajstić information content (AvgIpc) is 2.57. The maximum absolute atomic E-state index is 12.6. The third-order valence-corrected chi connectivity index (χ3v) is 5.46. The van der Waals surface area contributed by atoms with Gasteiger partial charge < -0.3 is 15.2 Å². The second kappa shape index (κ2) is 8.03. The predicted molar refractivity (Wildman–Crippen MR) is 99.2 cm³/mol. The molecule has 0 radical (unpaired) electrons. The highest BCUT2D eigenvalue weighted by molar-refractivity contribution is 9.10.